The third-order valence-corrected chi connectivity index (χ3v) is 2.55. The van der Waals surface area contributed by atoms with Crippen molar-refractivity contribution < 1.29 is 24.2 Å². The first-order valence-electron chi connectivity index (χ1n) is 5.75. The van der Waals surface area contributed by atoms with Crippen LogP contribution in [0.4, 0.5) is 4.79 Å². The molecule has 0 aromatic rings. The molecule has 9 heteroatoms. The SMILES string of the molecule is CC(C)(C)OC(=O)NC(CCl)C(=O)N[C@@H](CCl)C(=O)O. The summed E-state index contributed by atoms with van der Waals surface area (Å²) >= 11 is 11.0. The third kappa shape index (κ3) is 7.40. The highest BCUT2D eigenvalue weighted by molar-refractivity contribution is 6.21. The maximum Gasteiger partial charge on any atom is 0.408 e. The Kier molecular flexibility index (Phi) is 7.67. The van der Waals surface area contributed by atoms with Crippen LogP contribution in [0.25, 0.3) is 0 Å². The number of carbonyl (C=O) groups is 3. The fraction of sp³-hybridized carbons (Fsp3) is 0.727. The number of ether oxygens (including phenoxy) is 1. The van der Waals surface area contributed by atoms with Gasteiger partial charge in [-0.3, -0.25) is 4.79 Å². The van der Waals surface area contributed by atoms with E-state index in [1.165, 1.54) is 0 Å². The second-order valence-electron chi connectivity index (χ2n) is 4.91. The number of hydrogen-bond acceptors (Lipinski definition) is 4. The van der Waals surface area contributed by atoms with Gasteiger partial charge in [0.2, 0.25) is 5.91 Å². The van der Waals surface area contributed by atoms with Crippen LogP contribution in [-0.2, 0) is 14.3 Å². The minimum absolute atomic E-state index is 0.236. The van der Waals surface area contributed by atoms with Crippen LogP contribution in [-0.4, -0.2) is 52.5 Å². The van der Waals surface area contributed by atoms with E-state index in [1.54, 1.807) is 20.8 Å². The molecule has 0 aliphatic rings. The van der Waals surface area contributed by atoms with Crippen molar-refractivity contribution in [3.63, 3.8) is 0 Å². The van der Waals surface area contributed by atoms with E-state index in [1.807, 2.05) is 0 Å². The molecule has 3 N–H and O–H groups in total. The lowest BCUT2D eigenvalue weighted by Crippen LogP contribution is -2.53. The van der Waals surface area contributed by atoms with Crippen LogP contribution in [0, 0.1) is 0 Å². The monoisotopic (exact) mass is 328 g/mol. The molecule has 0 fully saturated rings. The second-order valence-corrected chi connectivity index (χ2v) is 5.52. The average molecular weight is 329 g/mol. The Morgan fingerprint density at radius 3 is 1.95 bits per heavy atom. The second kappa shape index (κ2) is 8.16. The molecule has 0 saturated carbocycles. The lowest BCUT2D eigenvalue weighted by atomic mass is 10.2. The number of carboxylic acid groups (broad SMARTS) is 1. The topological polar surface area (TPSA) is 105 Å². The highest BCUT2D eigenvalue weighted by Crippen LogP contribution is 2.07. The number of carbonyl (C=O) groups excluding carboxylic acids is 2. The van der Waals surface area contributed by atoms with E-state index in [-0.39, 0.29) is 11.8 Å². The molecular formula is C11H18Cl2N2O5. The summed E-state index contributed by atoms with van der Waals surface area (Å²) in [6.07, 6.45) is -0.823. The smallest absolute Gasteiger partial charge is 0.408 e. The summed E-state index contributed by atoms with van der Waals surface area (Å²) in [5.41, 5.74) is -0.725. The van der Waals surface area contributed by atoms with E-state index in [4.69, 9.17) is 33.0 Å². The molecule has 0 radical (unpaired) electrons. The number of alkyl carbamates (subject to hydrolysis) is 1. The van der Waals surface area contributed by atoms with Crippen molar-refractivity contribution in [1.82, 2.24) is 10.6 Å². The number of amides is 2. The summed E-state index contributed by atoms with van der Waals surface area (Å²) in [5, 5.41) is 13.2. The first-order chi connectivity index (χ1) is 9.10. The Morgan fingerprint density at radius 2 is 1.60 bits per heavy atom. The minimum Gasteiger partial charge on any atom is -0.480 e. The van der Waals surface area contributed by atoms with Crippen LogP contribution >= 0.6 is 23.2 Å². The van der Waals surface area contributed by atoms with Gasteiger partial charge in [-0.25, -0.2) is 9.59 Å². The molecule has 0 spiro atoms. The number of aliphatic carboxylic acids is 1. The van der Waals surface area contributed by atoms with Gasteiger partial charge in [0, 0.05) is 0 Å². The van der Waals surface area contributed by atoms with Crippen LogP contribution in [0.5, 0.6) is 0 Å². The van der Waals surface area contributed by atoms with Crippen LogP contribution < -0.4 is 10.6 Å². The quantitative estimate of drug-likeness (QED) is 0.629. The zero-order chi connectivity index (χ0) is 15.9. The molecule has 116 valence electrons. The van der Waals surface area contributed by atoms with Gasteiger partial charge < -0.3 is 20.5 Å². The van der Waals surface area contributed by atoms with Gasteiger partial charge in [0.15, 0.2) is 0 Å². The highest BCUT2D eigenvalue weighted by atomic mass is 35.5. The van der Waals surface area contributed by atoms with Gasteiger partial charge in [0.1, 0.15) is 17.7 Å². The zero-order valence-corrected chi connectivity index (χ0v) is 12.9. The number of nitrogens with one attached hydrogen (secondary N) is 2. The maximum atomic E-state index is 11.8. The van der Waals surface area contributed by atoms with Gasteiger partial charge in [-0.1, -0.05) is 0 Å². The Balaban J connectivity index is 4.56. The van der Waals surface area contributed by atoms with Crippen molar-refractivity contribution in [2.24, 2.45) is 0 Å². The van der Waals surface area contributed by atoms with E-state index < -0.39 is 35.7 Å². The maximum absolute atomic E-state index is 11.8. The van der Waals surface area contributed by atoms with Gasteiger partial charge >= 0.3 is 12.1 Å². The molecule has 2 atom stereocenters. The third-order valence-electron chi connectivity index (χ3n) is 1.93. The van der Waals surface area contributed by atoms with Gasteiger partial charge in [-0.05, 0) is 20.8 Å². The van der Waals surface area contributed by atoms with Gasteiger partial charge in [0.25, 0.3) is 0 Å². The van der Waals surface area contributed by atoms with E-state index in [0.29, 0.717) is 0 Å². The number of halogens is 2. The summed E-state index contributed by atoms with van der Waals surface area (Å²) in [4.78, 5) is 34.0. The molecule has 0 heterocycles. The lowest BCUT2D eigenvalue weighted by molar-refractivity contribution is -0.141. The summed E-state index contributed by atoms with van der Waals surface area (Å²) < 4.78 is 4.97. The average Bonchev–Trinajstić information content (AvgIpc) is 2.29. The summed E-state index contributed by atoms with van der Waals surface area (Å²) in [7, 11) is 0. The van der Waals surface area contributed by atoms with Crippen LogP contribution in [0.1, 0.15) is 20.8 Å². The molecule has 20 heavy (non-hydrogen) atoms. The molecule has 0 rings (SSSR count). The fourth-order valence-electron chi connectivity index (χ4n) is 1.06. The molecule has 0 bridgehead atoms. The van der Waals surface area contributed by atoms with Gasteiger partial charge in [-0.15, -0.1) is 23.2 Å². The molecule has 0 aliphatic carbocycles. The Bertz CT molecular complexity index is 370. The van der Waals surface area contributed by atoms with Crippen molar-refractivity contribution in [3.8, 4) is 0 Å². The van der Waals surface area contributed by atoms with Crippen molar-refractivity contribution in [2.75, 3.05) is 11.8 Å². The molecule has 0 aromatic heterocycles. The number of hydrogen-bond donors (Lipinski definition) is 3. The Labute approximate surface area is 126 Å². The number of rotatable bonds is 6. The molecule has 0 aromatic carbocycles. The normalized spacial score (nSPS) is 14.1. The van der Waals surface area contributed by atoms with E-state index in [9.17, 15) is 14.4 Å². The fourth-order valence-corrected chi connectivity index (χ4v) is 1.49. The molecule has 0 saturated heterocycles. The predicted molar refractivity (Wildman–Crippen MR) is 74.2 cm³/mol. The van der Waals surface area contributed by atoms with Crippen LogP contribution in [0.15, 0.2) is 0 Å². The van der Waals surface area contributed by atoms with Crippen LogP contribution in [0.2, 0.25) is 0 Å². The minimum atomic E-state index is -1.28. The standard InChI is InChI=1S/C11H18Cl2N2O5/c1-11(2,3)20-10(19)15-6(4-12)8(16)14-7(5-13)9(17)18/h6-7H,4-5H2,1-3H3,(H,14,16)(H,15,19)(H,17,18)/t6?,7-/m0/s1. The molecule has 0 aliphatic heterocycles. The molecular weight excluding hydrogens is 311 g/mol. The van der Waals surface area contributed by atoms with E-state index in [2.05, 4.69) is 10.6 Å². The zero-order valence-electron chi connectivity index (χ0n) is 11.4. The predicted octanol–water partition coefficient (Wildman–Crippen LogP) is 0.927. The largest absolute Gasteiger partial charge is 0.480 e. The summed E-state index contributed by atoms with van der Waals surface area (Å²) in [6, 6.07) is -2.37. The van der Waals surface area contributed by atoms with Gasteiger partial charge in [0.05, 0.1) is 11.8 Å². The summed E-state index contributed by atoms with van der Waals surface area (Å²) in [6.45, 7) is 4.99. The first kappa shape index (κ1) is 18.8. The molecule has 2 amide bonds. The number of alkyl halides is 2. The van der Waals surface area contributed by atoms with Crippen LogP contribution in [0.3, 0.4) is 0 Å². The molecule has 7 nitrogen and oxygen atoms in total. The van der Waals surface area contributed by atoms with Crippen molar-refractivity contribution in [2.45, 2.75) is 38.5 Å². The Morgan fingerprint density at radius 1 is 1.10 bits per heavy atom. The van der Waals surface area contributed by atoms with Crippen molar-refractivity contribution in [1.29, 1.82) is 0 Å². The lowest BCUT2D eigenvalue weighted by Gasteiger charge is -2.23. The van der Waals surface area contributed by atoms with Crippen molar-refractivity contribution >= 4 is 41.2 Å². The summed E-state index contributed by atoms with van der Waals surface area (Å²) in [5.74, 6) is -2.57. The Hall–Kier alpha value is -1.21. The van der Waals surface area contributed by atoms with Crippen molar-refractivity contribution in [3.05, 3.63) is 0 Å². The number of carboxylic acids is 1. The first-order valence-corrected chi connectivity index (χ1v) is 6.82. The van der Waals surface area contributed by atoms with E-state index in [0.717, 1.165) is 0 Å². The van der Waals surface area contributed by atoms with E-state index >= 15 is 0 Å². The van der Waals surface area contributed by atoms with Gasteiger partial charge in [-0.2, -0.15) is 0 Å². The molecule has 1 unspecified atom stereocenters. The highest BCUT2D eigenvalue weighted by Gasteiger charge is 2.27.